The first-order valence-electron chi connectivity index (χ1n) is 9.36. The third kappa shape index (κ3) is 4.15. The Bertz CT molecular complexity index is 1090. The Hall–Kier alpha value is -2.79. The van der Waals surface area contributed by atoms with E-state index in [-0.39, 0.29) is 17.6 Å². The summed E-state index contributed by atoms with van der Waals surface area (Å²) >= 11 is 5.94. The average Bonchev–Trinajstić information content (AvgIpc) is 2.90. The number of carbonyl (C=O) groups excluding carboxylic acids is 2. The van der Waals surface area contributed by atoms with Crippen molar-refractivity contribution in [2.45, 2.75) is 46.1 Å². The third-order valence-corrected chi connectivity index (χ3v) is 4.98. The molecule has 1 unspecified atom stereocenters. The number of rotatable bonds is 3. The number of aromatic hydroxyl groups is 1. The van der Waals surface area contributed by atoms with Crippen molar-refractivity contribution < 1.29 is 19.4 Å². The maximum Gasteiger partial charge on any atom is 0.313 e. The van der Waals surface area contributed by atoms with Gasteiger partial charge >= 0.3 is 5.97 Å². The van der Waals surface area contributed by atoms with Gasteiger partial charge in [-0.25, -0.2) is 0 Å². The van der Waals surface area contributed by atoms with Gasteiger partial charge < -0.3 is 9.84 Å². The minimum atomic E-state index is -0.626. The molecular formula is C23H24ClNO4. The van der Waals surface area contributed by atoms with Crippen molar-refractivity contribution in [3.8, 4) is 5.75 Å². The van der Waals surface area contributed by atoms with Gasteiger partial charge in [-0.05, 0) is 82.6 Å². The fourth-order valence-electron chi connectivity index (χ4n) is 3.47. The van der Waals surface area contributed by atoms with Gasteiger partial charge in [-0.15, -0.1) is 0 Å². The van der Waals surface area contributed by atoms with Crippen molar-refractivity contribution in [1.29, 1.82) is 0 Å². The molecule has 0 aliphatic carbocycles. The zero-order valence-electron chi connectivity index (χ0n) is 17.1. The van der Waals surface area contributed by atoms with E-state index >= 15 is 0 Å². The molecule has 0 saturated carbocycles. The number of hydrogen-bond donors (Lipinski definition) is 1. The first-order valence-corrected chi connectivity index (χ1v) is 9.74. The van der Waals surface area contributed by atoms with Crippen molar-refractivity contribution in [2.24, 2.45) is 0 Å². The molecule has 1 atom stereocenters. The minimum Gasteiger partial charge on any atom is -0.508 e. The van der Waals surface area contributed by atoms with Gasteiger partial charge in [0.2, 0.25) is 0 Å². The molecule has 0 spiro atoms. The van der Waals surface area contributed by atoms with Crippen molar-refractivity contribution in [3.63, 3.8) is 0 Å². The normalized spacial score (nSPS) is 12.8. The number of nitrogens with zero attached hydrogens (tertiary/aromatic N) is 1. The van der Waals surface area contributed by atoms with E-state index < -0.39 is 11.5 Å². The molecule has 3 rings (SSSR count). The molecule has 3 aromatic rings. The molecule has 29 heavy (non-hydrogen) atoms. The van der Waals surface area contributed by atoms with E-state index in [2.05, 4.69) is 0 Å². The van der Waals surface area contributed by atoms with Crippen LogP contribution in [0.1, 0.15) is 55.2 Å². The zero-order chi connectivity index (χ0) is 21.5. The van der Waals surface area contributed by atoms with Crippen LogP contribution in [0.4, 0.5) is 0 Å². The van der Waals surface area contributed by atoms with Gasteiger partial charge in [-0.3, -0.25) is 14.2 Å². The summed E-state index contributed by atoms with van der Waals surface area (Å²) in [5.74, 6) is -1.18. The average molecular weight is 414 g/mol. The summed E-state index contributed by atoms with van der Waals surface area (Å²) in [6.07, 6.45) is 0. The molecule has 0 aliphatic heterocycles. The highest BCUT2D eigenvalue weighted by Gasteiger charge is 2.29. The van der Waals surface area contributed by atoms with E-state index in [0.717, 1.165) is 0 Å². The predicted octanol–water partition coefficient (Wildman–Crippen LogP) is 5.44. The number of hydrogen-bond acceptors (Lipinski definition) is 4. The second kappa shape index (κ2) is 7.56. The summed E-state index contributed by atoms with van der Waals surface area (Å²) in [6, 6.07) is 11.4. The quantitative estimate of drug-likeness (QED) is 0.580. The number of benzene rings is 2. The minimum absolute atomic E-state index is 0.0613. The smallest absolute Gasteiger partial charge is 0.313 e. The van der Waals surface area contributed by atoms with Crippen LogP contribution in [0.5, 0.6) is 5.75 Å². The molecule has 0 bridgehead atoms. The van der Waals surface area contributed by atoms with E-state index in [4.69, 9.17) is 16.3 Å². The molecule has 1 N–H and O–H groups in total. The fraction of sp³-hybridized carbons (Fsp3) is 0.304. The van der Waals surface area contributed by atoms with Gasteiger partial charge in [0, 0.05) is 21.7 Å². The van der Waals surface area contributed by atoms with Gasteiger partial charge in [-0.2, -0.15) is 0 Å². The zero-order valence-corrected chi connectivity index (χ0v) is 17.9. The Balaban J connectivity index is 2.18. The summed E-state index contributed by atoms with van der Waals surface area (Å²) in [5, 5.41) is 11.2. The summed E-state index contributed by atoms with van der Waals surface area (Å²) in [5.41, 5.74) is 1.75. The lowest BCUT2D eigenvalue weighted by molar-refractivity contribution is -0.156. The van der Waals surface area contributed by atoms with E-state index in [1.807, 2.05) is 20.8 Å². The van der Waals surface area contributed by atoms with Crippen LogP contribution in [-0.2, 0) is 9.53 Å². The molecule has 0 radical (unpaired) electrons. The van der Waals surface area contributed by atoms with Crippen molar-refractivity contribution in [1.82, 2.24) is 4.57 Å². The highest BCUT2D eigenvalue weighted by atomic mass is 35.5. The van der Waals surface area contributed by atoms with E-state index in [0.29, 0.717) is 32.7 Å². The van der Waals surface area contributed by atoms with Crippen LogP contribution in [0.2, 0.25) is 5.02 Å². The molecule has 1 aromatic heterocycles. The molecule has 0 amide bonds. The lowest BCUT2D eigenvalue weighted by Gasteiger charge is -2.22. The van der Waals surface area contributed by atoms with Crippen molar-refractivity contribution >= 4 is 34.4 Å². The Morgan fingerprint density at radius 1 is 1.10 bits per heavy atom. The number of ether oxygens (including phenoxy) is 1. The van der Waals surface area contributed by atoms with Gasteiger partial charge in [0.25, 0.3) is 5.91 Å². The van der Waals surface area contributed by atoms with Gasteiger partial charge in [0.05, 0.1) is 11.4 Å². The molecule has 0 fully saturated rings. The summed E-state index contributed by atoms with van der Waals surface area (Å²) in [7, 11) is 0. The monoisotopic (exact) mass is 413 g/mol. The van der Waals surface area contributed by atoms with E-state index in [9.17, 15) is 14.7 Å². The first-order chi connectivity index (χ1) is 13.5. The Labute approximate surface area is 174 Å². The molecule has 2 aromatic carbocycles. The number of esters is 1. The van der Waals surface area contributed by atoms with Crippen LogP contribution >= 0.6 is 11.6 Å². The summed E-state index contributed by atoms with van der Waals surface area (Å²) in [4.78, 5) is 26.0. The number of phenolic OH excluding ortho intramolecular Hbond substituents is 1. The number of carbonyl (C=O) groups is 2. The topological polar surface area (TPSA) is 68.5 Å². The SMILES string of the molecule is Cc1c(C(C)C(=O)OC(C)(C)C)c2cc(O)ccc2n1C(=O)c1ccc(Cl)cc1. The Morgan fingerprint density at radius 2 is 1.72 bits per heavy atom. The second-order valence-corrected chi connectivity index (χ2v) is 8.54. The third-order valence-electron chi connectivity index (χ3n) is 4.72. The maximum atomic E-state index is 13.3. The maximum absolute atomic E-state index is 13.3. The highest BCUT2D eigenvalue weighted by Crippen LogP contribution is 2.35. The summed E-state index contributed by atoms with van der Waals surface area (Å²) < 4.78 is 7.11. The number of phenols is 1. The number of fused-ring (bicyclic) bond motifs is 1. The largest absolute Gasteiger partial charge is 0.508 e. The van der Waals surface area contributed by atoms with Crippen LogP contribution in [-0.4, -0.2) is 27.2 Å². The molecule has 0 saturated heterocycles. The van der Waals surface area contributed by atoms with Gasteiger partial charge in [0.15, 0.2) is 0 Å². The lowest BCUT2D eigenvalue weighted by atomic mass is 9.97. The standard InChI is InChI=1S/C23H24ClNO4/c1-13(22(28)29-23(3,4)5)20-14(2)25(19-11-10-17(26)12-18(19)20)21(27)15-6-8-16(24)9-7-15/h6-13,26H,1-5H3. The number of aromatic nitrogens is 1. The van der Waals surface area contributed by atoms with Gasteiger partial charge in [0.1, 0.15) is 11.4 Å². The first kappa shape index (κ1) is 20.9. The van der Waals surface area contributed by atoms with Crippen LogP contribution in [0.3, 0.4) is 0 Å². The van der Waals surface area contributed by atoms with Crippen LogP contribution < -0.4 is 0 Å². The summed E-state index contributed by atoms with van der Waals surface area (Å²) in [6.45, 7) is 8.97. The molecule has 0 aliphatic rings. The molecule has 5 nitrogen and oxygen atoms in total. The Morgan fingerprint density at radius 3 is 2.31 bits per heavy atom. The van der Waals surface area contributed by atoms with Crippen LogP contribution in [0.15, 0.2) is 42.5 Å². The fourth-order valence-corrected chi connectivity index (χ4v) is 3.59. The lowest BCUT2D eigenvalue weighted by Crippen LogP contribution is -2.27. The van der Waals surface area contributed by atoms with E-state index in [1.165, 1.54) is 6.07 Å². The second-order valence-electron chi connectivity index (χ2n) is 8.10. The van der Waals surface area contributed by atoms with Gasteiger partial charge in [-0.1, -0.05) is 11.6 Å². The highest BCUT2D eigenvalue weighted by molar-refractivity contribution is 6.30. The van der Waals surface area contributed by atoms with Crippen LogP contribution in [0.25, 0.3) is 10.9 Å². The van der Waals surface area contributed by atoms with E-state index in [1.54, 1.807) is 54.8 Å². The molecular weight excluding hydrogens is 390 g/mol. The van der Waals surface area contributed by atoms with Crippen molar-refractivity contribution in [2.75, 3.05) is 0 Å². The van der Waals surface area contributed by atoms with Crippen LogP contribution in [0, 0.1) is 6.92 Å². The molecule has 1 heterocycles. The van der Waals surface area contributed by atoms with Crippen molar-refractivity contribution in [3.05, 3.63) is 64.3 Å². The Kier molecular flexibility index (Phi) is 5.46. The molecule has 152 valence electrons. The predicted molar refractivity (Wildman–Crippen MR) is 114 cm³/mol. The molecule has 6 heteroatoms. The number of halogens is 1.